The number of alkyl halides is 3. The molecule has 2 atom stereocenters. The van der Waals surface area contributed by atoms with Crippen molar-refractivity contribution in [3.05, 3.63) is 64.2 Å². The highest BCUT2D eigenvalue weighted by atomic mass is 32.2. The summed E-state index contributed by atoms with van der Waals surface area (Å²) in [5.74, 6) is 0. The molecule has 0 aliphatic heterocycles. The Balaban J connectivity index is 2.58. The van der Waals surface area contributed by atoms with E-state index in [1.54, 1.807) is 30.3 Å². The molecule has 0 radical (unpaired) electrons. The number of nitrogens with one attached hydrogen (secondary N) is 1. The normalized spacial score (nSPS) is 16.2. The predicted molar refractivity (Wildman–Crippen MR) is 105 cm³/mol. The minimum Gasteiger partial charge on any atom is -0.264 e. The van der Waals surface area contributed by atoms with E-state index in [9.17, 15) is 27.5 Å². The molecular weight excluding hydrogens is 393 g/mol. The Morgan fingerprint density at radius 3 is 2.29 bits per heavy atom. The first kappa shape index (κ1) is 22.0. The molecule has 0 saturated carbocycles. The van der Waals surface area contributed by atoms with Gasteiger partial charge in [0.2, 0.25) is 12.1 Å². The zero-order valence-corrected chi connectivity index (χ0v) is 16.4. The Hall–Kier alpha value is -2.26. The van der Waals surface area contributed by atoms with Crippen LogP contribution in [0.4, 0.5) is 13.2 Å². The number of halogens is 3. The number of rotatable bonds is 6. The summed E-state index contributed by atoms with van der Waals surface area (Å²) in [4.78, 5) is 9.99. The van der Waals surface area contributed by atoms with Crippen molar-refractivity contribution in [1.29, 1.82) is 0 Å². The lowest BCUT2D eigenvalue weighted by atomic mass is 9.96. The second-order valence-electron chi connectivity index (χ2n) is 7.34. The molecule has 0 bridgehead atoms. The van der Waals surface area contributed by atoms with Gasteiger partial charge in [0.25, 0.3) is 0 Å². The second-order valence-corrected chi connectivity index (χ2v) is 9.31. The van der Waals surface area contributed by atoms with Crippen molar-refractivity contribution in [1.82, 2.24) is 4.72 Å². The van der Waals surface area contributed by atoms with Crippen molar-refractivity contribution >= 4 is 27.8 Å². The van der Waals surface area contributed by atoms with Gasteiger partial charge < -0.3 is 0 Å². The number of hydrogen-bond acceptors (Lipinski definition) is 3. The van der Waals surface area contributed by atoms with Gasteiger partial charge in [0.05, 0.1) is 15.7 Å². The number of nitrogens with zero attached hydrogens (tertiary/aromatic N) is 1. The Morgan fingerprint density at radius 1 is 1.11 bits per heavy atom. The summed E-state index contributed by atoms with van der Waals surface area (Å²) >= 11 is 0. The van der Waals surface area contributed by atoms with Gasteiger partial charge in [-0.1, -0.05) is 48.5 Å². The standard InChI is InChI=1S/C19H21F3N2O3S/c1-17(2,3)28(27)23-18(13-24(25)26,19(20,21)22)12-11-15-9-6-8-14-7-4-5-10-16(14)15/h4-12,23H,13H2,1-3H3/b12-11+/t18-,28+/m0/s1. The maximum Gasteiger partial charge on any atom is 0.417 e. The van der Waals surface area contributed by atoms with Crippen molar-refractivity contribution < 1.29 is 22.3 Å². The number of hydrogen-bond donors (Lipinski definition) is 1. The van der Waals surface area contributed by atoms with E-state index in [4.69, 9.17) is 0 Å². The van der Waals surface area contributed by atoms with Crippen LogP contribution in [-0.4, -0.2) is 32.1 Å². The lowest BCUT2D eigenvalue weighted by Gasteiger charge is -2.32. The largest absolute Gasteiger partial charge is 0.417 e. The molecule has 2 aromatic carbocycles. The number of nitro groups is 1. The fraction of sp³-hybridized carbons (Fsp3) is 0.368. The van der Waals surface area contributed by atoms with Gasteiger partial charge in [-0.15, -0.1) is 0 Å². The quantitative estimate of drug-likeness (QED) is 0.559. The molecular formula is C19H21F3N2O3S. The third-order valence-corrected chi connectivity index (χ3v) is 5.75. The van der Waals surface area contributed by atoms with Gasteiger partial charge in [-0.05, 0) is 43.2 Å². The highest BCUT2D eigenvalue weighted by molar-refractivity contribution is 7.84. The molecule has 0 heterocycles. The van der Waals surface area contributed by atoms with Crippen LogP contribution in [0.1, 0.15) is 26.3 Å². The van der Waals surface area contributed by atoms with Crippen molar-refractivity contribution in [2.24, 2.45) is 0 Å². The summed E-state index contributed by atoms with van der Waals surface area (Å²) in [5, 5.41) is 12.6. The first-order valence-corrected chi connectivity index (χ1v) is 9.56. The summed E-state index contributed by atoms with van der Waals surface area (Å²) in [6, 6.07) is 12.2. The highest BCUT2D eigenvalue weighted by Crippen LogP contribution is 2.34. The van der Waals surface area contributed by atoms with Crippen LogP contribution in [0, 0.1) is 10.1 Å². The molecule has 0 spiro atoms. The SMILES string of the molecule is CC(C)(C)[S@@](=O)N[C@@](/C=C/c1cccc2ccccc12)(C[N+](=O)[O-])C(F)(F)F. The molecule has 0 unspecified atom stereocenters. The molecule has 0 fully saturated rings. The molecule has 0 saturated heterocycles. The Kier molecular flexibility index (Phi) is 6.30. The Morgan fingerprint density at radius 2 is 1.71 bits per heavy atom. The van der Waals surface area contributed by atoms with Crippen LogP contribution in [-0.2, 0) is 11.0 Å². The predicted octanol–water partition coefficient (Wildman–Crippen LogP) is 4.48. The van der Waals surface area contributed by atoms with Crippen molar-refractivity contribution in [3.63, 3.8) is 0 Å². The van der Waals surface area contributed by atoms with E-state index in [2.05, 4.69) is 0 Å². The van der Waals surface area contributed by atoms with Gasteiger partial charge >= 0.3 is 6.18 Å². The molecule has 0 aliphatic rings. The van der Waals surface area contributed by atoms with Crippen LogP contribution >= 0.6 is 0 Å². The van der Waals surface area contributed by atoms with E-state index >= 15 is 0 Å². The maximum absolute atomic E-state index is 13.9. The molecule has 1 N–H and O–H groups in total. The second kappa shape index (κ2) is 8.00. The van der Waals surface area contributed by atoms with E-state index in [1.165, 1.54) is 26.8 Å². The number of fused-ring (bicyclic) bond motifs is 1. The van der Waals surface area contributed by atoms with E-state index < -0.39 is 38.9 Å². The summed E-state index contributed by atoms with van der Waals surface area (Å²) < 4.78 is 55.2. The van der Waals surface area contributed by atoms with Crippen molar-refractivity contribution in [2.45, 2.75) is 37.2 Å². The van der Waals surface area contributed by atoms with Crippen LogP contribution < -0.4 is 4.72 Å². The lowest BCUT2D eigenvalue weighted by Crippen LogP contribution is -2.61. The monoisotopic (exact) mass is 414 g/mol. The van der Waals surface area contributed by atoms with Gasteiger partial charge in [-0.2, -0.15) is 13.2 Å². The Labute approximate surface area is 163 Å². The summed E-state index contributed by atoms with van der Waals surface area (Å²) in [7, 11) is -2.18. The van der Waals surface area contributed by atoms with E-state index in [1.807, 2.05) is 16.9 Å². The minimum absolute atomic E-state index is 0.471. The molecule has 9 heteroatoms. The van der Waals surface area contributed by atoms with Crippen LogP contribution in [0.2, 0.25) is 0 Å². The molecule has 28 heavy (non-hydrogen) atoms. The average Bonchev–Trinajstić information content (AvgIpc) is 2.57. The maximum atomic E-state index is 13.9. The molecule has 0 amide bonds. The first-order chi connectivity index (χ1) is 12.9. The van der Waals surface area contributed by atoms with Gasteiger partial charge in [0.15, 0.2) is 0 Å². The smallest absolute Gasteiger partial charge is 0.264 e. The lowest BCUT2D eigenvalue weighted by molar-refractivity contribution is -0.497. The van der Waals surface area contributed by atoms with Gasteiger partial charge in [0.1, 0.15) is 0 Å². The fourth-order valence-corrected chi connectivity index (χ4v) is 3.40. The van der Waals surface area contributed by atoms with E-state index in [-0.39, 0.29) is 0 Å². The van der Waals surface area contributed by atoms with Gasteiger partial charge in [-0.3, -0.25) is 10.1 Å². The zero-order chi connectivity index (χ0) is 21.2. The number of benzene rings is 2. The van der Waals surface area contributed by atoms with Crippen LogP contribution in [0.15, 0.2) is 48.5 Å². The van der Waals surface area contributed by atoms with Crippen LogP contribution in [0.25, 0.3) is 16.8 Å². The molecule has 5 nitrogen and oxygen atoms in total. The zero-order valence-electron chi connectivity index (χ0n) is 15.6. The van der Waals surface area contributed by atoms with Crippen molar-refractivity contribution in [2.75, 3.05) is 6.54 Å². The van der Waals surface area contributed by atoms with Crippen LogP contribution in [0.5, 0.6) is 0 Å². The summed E-state index contributed by atoms with van der Waals surface area (Å²) in [6.07, 6.45) is -3.16. The summed E-state index contributed by atoms with van der Waals surface area (Å²) in [5.41, 5.74) is -2.61. The van der Waals surface area contributed by atoms with Crippen molar-refractivity contribution in [3.8, 4) is 0 Å². The molecule has 152 valence electrons. The van der Waals surface area contributed by atoms with Gasteiger partial charge in [-0.25, -0.2) is 8.93 Å². The van der Waals surface area contributed by atoms with Crippen LogP contribution in [0.3, 0.4) is 0 Å². The van der Waals surface area contributed by atoms with E-state index in [0.29, 0.717) is 17.0 Å². The third-order valence-electron chi connectivity index (χ3n) is 4.09. The molecule has 2 aromatic rings. The Bertz CT molecular complexity index is 917. The highest BCUT2D eigenvalue weighted by Gasteiger charge is 2.58. The minimum atomic E-state index is -5.04. The first-order valence-electron chi connectivity index (χ1n) is 8.41. The topological polar surface area (TPSA) is 72.2 Å². The fourth-order valence-electron chi connectivity index (χ4n) is 2.51. The van der Waals surface area contributed by atoms with Gasteiger partial charge in [0, 0.05) is 4.92 Å². The third kappa shape index (κ3) is 4.96. The molecule has 0 aliphatic carbocycles. The van der Waals surface area contributed by atoms with E-state index in [0.717, 1.165) is 5.39 Å². The summed E-state index contributed by atoms with van der Waals surface area (Å²) in [6.45, 7) is 2.97. The average molecular weight is 414 g/mol. The molecule has 0 aromatic heterocycles. The molecule has 2 rings (SSSR count).